The van der Waals surface area contributed by atoms with E-state index in [1.807, 2.05) is 6.07 Å². The first kappa shape index (κ1) is 24.3. The molecule has 4 rings (SSSR count). The summed E-state index contributed by atoms with van der Waals surface area (Å²) in [5.41, 5.74) is 4.62. The number of hydrazone groups is 1. The topological polar surface area (TPSA) is 121 Å². The van der Waals surface area contributed by atoms with Gasteiger partial charge in [0.1, 0.15) is 16.8 Å². The molecule has 3 aromatic rings. The van der Waals surface area contributed by atoms with Crippen molar-refractivity contribution in [3.63, 3.8) is 0 Å². The fourth-order valence-electron chi connectivity index (χ4n) is 3.55. The van der Waals surface area contributed by atoms with E-state index < -0.39 is 17.8 Å². The third-order valence-electron chi connectivity index (χ3n) is 5.25. The number of anilines is 1. The summed E-state index contributed by atoms with van der Waals surface area (Å²) in [4.78, 5) is 37.7. The molecule has 0 unspecified atom stereocenters. The number of ether oxygens (including phenoxy) is 1. The molecule has 35 heavy (non-hydrogen) atoms. The lowest BCUT2D eigenvalue weighted by Gasteiger charge is -2.09. The second-order valence-electron chi connectivity index (χ2n) is 7.65. The summed E-state index contributed by atoms with van der Waals surface area (Å²) in [7, 11) is 0. The molecule has 1 aliphatic rings. The van der Waals surface area contributed by atoms with Gasteiger partial charge in [-0.1, -0.05) is 22.0 Å². The molecule has 0 fully saturated rings. The third kappa shape index (κ3) is 6.01. The maximum absolute atomic E-state index is 12.3. The van der Waals surface area contributed by atoms with Gasteiger partial charge >= 0.3 is 17.8 Å². The first-order valence-corrected chi connectivity index (χ1v) is 12.3. The second kappa shape index (κ2) is 11.1. The van der Waals surface area contributed by atoms with Crippen LogP contribution in [0.3, 0.4) is 0 Å². The largest absolute Gasteiger partial charge is 0.423 e. The molecule has 10 heteroatoms. The minimum absolute atomic E-state index is 0.350. The number of nitrogens with one attached hydrogen (secondary N) is 2. The number of carbonyl (C=O) groups excluding carboxylic acids is 3. The van der Waals surface area contributed by atoms with Crippen LogP contribution in [0.4, 0.5) is 5.00 Å². The Morgan fingerprint density at radius 1 is 1.09 bits per heavy atom. The number of carbonyl (C=O) groups is 3. The van der Waals surface area contributed by atoms with Crippen LogP contribution in [-0.4, -0.2) is 24.0 Å². The van der Waals surface area contributed by atoms with Crippen LogP contribution < -0.4 is 15.5 Å². The first-order chi connectivity index (χ1) is 16.9. The van der Waals surface area contributed by atoms with E-state index in [0.29, 0.717) is 27.4 Å². The van der Waals surface area contributed by atoms with Crippen molar-refractivity contribution in [1.29, 1.82) is 5.26 Å². The summed E-state index contributed by atoms with van der Waals surface area (Å²) in [5, 5.41) is 16.2. The van der Waals surface area contributed by atoms with E-state index in [4.69, 9.17) is 4.74 Å². The minimum Gasteiger partial charge on any atom is -0.423 e. The van der Waals surface area contributed by atoms with Crippen LogP contribution in [0.25, 0.3) is 0 Å². The predicted molar refractivity (Wildman–Crippen MR) is 136 cm³/mol. The Balaban J connectivity index is 1.31. The number of rotatable bonds is 5. The van der Waals surface area contributed by atoms with Gasteiger partial charge < -0.3 is 10.1 Å². The van der Waals surface area contributed by atoms with Gasteiger partial charge in [-0.3, -0.25) is 9.59 Å². The zero-order valence-electron chi connectivity index (χ0n) is 18.3. The van der Waals surface area contributed by atoms with Gasteiger partial charge in [0, 0.05) is 9.35 Å². The SMILES string of the molecule is N#Cc1c(NC(=O)C(=O)N/N=C/c2ccc(OC(=O)c3cccc(Br)c3)cc2)sc2c1CCCC2. The van der Waals surface area contributed by atoms with Gasteiger partial charge in [-0.25, -0.2) is 10.2 Å². The number of nitriles is 1. The van der Waals surface area contributed by atoms with E-state index >= 15 is 0 Å². The van der Waals surface area contributed by atoms with Gasteiger partial charge in [0.15, 0.2) is 0 Å². The fraction of sp³-hybridized carbons (Fsp3) is 0.160. The summed E-state index contributed by atoms with van der Waals surface area (Å²) < 4.78 is 6.11. The normalized spacial score (nSPS) is 12.5. The van der Waals surface area contributed by atoms with Crippen molar-refractivity contribution < 1.29 is 19.1 Å². The van der Waals surface area contributed by atoms with Gasteiger partial charge in [-0.2, -0.15) is 10.4 Å². The van der Waals surface area contributed by atoms with Crippen molar-refractivity contribution in [2.24, 2.45) is 5.10 Å². The quantitative estimate of drug-likeness (QED) is 0.158. The monoisotopic (exact) mass is 550 g/mol. The molecule has 0 bridgehead atoms. The molecule has 2 amide bonds. The van der Waals surface area contributed by atoms with Crippen LogP contribution in [0.5, 0.6) is 5.75 Å². The Bertz CT molecular complexity index is 1360. The molecule has 0 saturated carbocycles. The van der Waals surface area contributed by atoms with Crippen molar-refractivity contribution in [3.8, 4) is 11.8 Å². The maximum atomic E-state index is 12.3. The molecule has 1 heterocycles. The predicted octanol–water partition coefficient (Wildman–Crippen LogP) is 4.57. The number of amides is 2. The molecule has 0 radical (unpaired) electrons. The minimum atomic E-state index is -0.948. The number of thiophene rings is 1. The molecule has 0 atom stereocenters. The van der Waals surface area contributed by atoms with Crippen molar-refractivity contribution in [2.75, 3.05) is 5.32 Å². The van der Waals surface area contributed by atoms with E-state index in [9.17, 15) is 19.6 Å². The third-order valence-corrected chi connectivity index (χ3v) is 6.95. The van der Waals surface area contributed by atoms with E-state index in [-0.39, 0.29) is 0 Å². The average molecular weight is 551 g/mol. The summed E-state index contributed by atoms with van der Waals surface area (Å²) in [6.45, 7) is 0. The number of halogens is 1. The van der Waals surface area contributed by atoms with E-state index in [1.165, 1.54) is 17.6 Å². The van der Waals surface area contributed by atoms with Crippen LogP contribution in [-0.2, 0) is 22.4 Å². The standard InChI is InChI=1S/C25H19BrN4O4S/c26-17-5-3-4-16(12-17)25(33)34-18-10-8-15(9-11-18)14-28-30-23(32)22(31)29-24-20(13-27)19-6-1-2-7-21(19)35-24/h3-5,8-12,14H,1-2,6-7H2,(H,29,31)(H,30,32)/b28-14+. The van der Waals surface area contributed by atoms with Crippen LogP contribution in [0, 0.1) is 11.3 Å². The summed E-state index contributed by atoms with van der Waals surface area (Å²) in [5.74, 6) is -1.98. The fourth-order valence-corrected chi connectivity index (χ4v) is 5.19. The number of hydrogen-bond acceptors (Lipinski definition) is 7. The molecule has 176 valence electrons. The molecule has 0 spiro atoms. The molecular formula is C25H19BrN4O4S. The number of fused-ring (bicyclic) bond motifs is 1. The second-order valence-corrected chi connectivity index (χ2v) is 9.67. The summed E-state index contributed by atoms with van der Waals surface area (Å²) in [6, 6.07) is 15.5. The molecule has 2 N–H and O–H groups in total. The highest BCUT2D eigenvalue weighted by atomic mass is 79.9. The summed E-state index contributed by atoms with van der Waals surface area (Å²) in [6.07, 6.45) is 5.10. The average Bonchev–Trinajstić information content (AvgIpc) is 3.21. The van der Waals surface area contributed by atoms with E-state index in [1.54, 1.807) is 42.5 Å². The molecule has 0 saturated heterocycles. The molecule has 1 aromatic heterocycles. The number of nitrogens with zero attached hydrogens (tertiary/aromatic N) is 2. The highest BCUT2D eigenvalue weighted by Crippen LogP contribution is 2.37. The van der Waals surface area contributed by atoms with Crippen LogP contribution in [0.15, 0.2) is 58.1 Å². The number of aryl methyl sites for hydroxylation is 1. The Labute approximate surface area is 213 Å². The van der Waals surface area contributed by atoms with Crippen molar-refractivity contribution in [1.82, 2.24) is 5.43 Å². The summed E-state index contributed by atoms with van der Waals surface area (Å²) >= 11 is 4.66. The molecule has 2 aromatic carbocycles. The zero-order valence-corrected chi connectivity index (χ0v) is 20.7. The number of benzene rings is 2. The van der Waals surface area contributed by atoms with Gasteiger partial charge in [0.05, 0.1) is 17.3 Å². The first-order valence-electron chi connectivity index (χ1n) is 10.7. The lowest BCUT2D eigenvalue weighted by Crippen LogP contribution is -2.32. The zero-order chi connectivity index (χ0) is 24.8. The van der Waals surface area contributed by atoms with Crippen molar-refractivity contribution >= 4 is 56.3 Å². The van der Waals surface area contributed by atoms with Crippen LogP contribution in [0.2, 0.25) is 0 Å². The van der Waals surface area contributed by atoms with Gasteiger partial charge in [0.2, 0.25) is 0 Å². The van der Waals surface area contributed by atoms with Crippen LogP contribution in [0.1, 0.15) is 44.8 Å². The highest BCUT2D eigenvalue weighted by Gasteiger charge is 2.23. The Morgan fingerprint density at radius 3 is 2.60 bits per heavy atom. The van der Waals surface area contributed by atoms with Gasteiger partial charge in [-0.05, 0) is 79.3 Å². The van der Waals surface area contributed by atoms with Gasteiger partial charge in [-0.15, -0.1) is 11.3 Å². The molecule has 1 aliphatic carbocycles. The van der Waals surface area contributed by atoms with Crippen molar-refractivity contribution in [3.05, 3.63) is 80.1 Å². The van der Waals surface area contributed by atoms with Crippen molar-refractivity contribution in [2.45, 2.75) is 25.7 Å². The van der Waals surface area contributed by atoms with Gasteiger partial charge in [0.25, 0.3) is 0 Å². The molecule has 8 nitrogen and oxygen atoms in total. The number of esters is 1. The van der Waals surface area contributed by atoms with E-state index in [2.05, 4.69) is 37.8 Å². The molecular weight excluding hydrogens is 532 g/mol. The van der Waals surface area contributed by atoms with Crippen LogP contribution >= 0.6 is 27.3 Å². The smallest absolute Gasteiger partial charge is 0.343 e. The molecule has 0 aliphatic heterocycles. The highest BCUT2D eigenvalue weighted by molar-refractivity contribution is 9.10. The van der Waals surface area contributed by atoms with E-state index in [0.717, 1.165) is 40.6 Å². The lowest BCUT2D eigenvalue weighted by molar-refractivity contribution is -0.136. The number of hydrogen-bond donors (Lipinski definition) is 2. The Kier molecular flexibility index (Phi) is 7.70. The lowest BCUT2D eigenvalue weighted by atomic mass is 9.96. The maximum Gasteiger partial charge on any atom is 0.343 e. The Hall–Kier alpha value is -3.81. The Morgan fingerprint density at radius 2 is 1.86 bits per heavy atom.